The molecular formula is C13H24N2O3S. The molecule has 0 saturated heterocycles. The number of thiazole rings is 1. The molecule has 1 heterocycles. The van der Waals surface area contributed by atoms with Crippen LogP contribution < -0.4 is 5.32 Å². The van der Waals surface area contributed by atoms with Crippen molar-refractivity contribution in [3.63, 3.8) is 0 Å². The predicted molar refractivity (Wildman–Crippen MR) is 76.5 cm³/mol. The molecule has 0 fully saturated rings. The van der Waals surface area contributed by atoms with Crippen molar-refractivity contribution < 1.29 is 14.2 Å². The first-order chi connectivity index (χ1) is 9.36. The lowest BCUT2D eigenvalue weighted by molar-refractivity contribution is 0.0328. The van der Waals surface area contributed by atoms with E-state index in [1.54, 1.807) is 18.4 Å². The molecule has 1 aromatic heterocycles. The van der Waals surface area contributed by atoms with E-state index in [0.29, 0.717) is 19.8 Å². The van der Waals surface area contributed by atoms with E-state index in [1.165, 1.54) is 0 Å². The van der Waals surface area contributed by atoms with Crippen LogP contribution in [0, 0.1) is 0 Å². The van der Waals surface area contributed by atoms with Gasteiger partial charge in [-0.1, -0.05) is 6.92 Å². The molecule has 0 aliphatic carbocycles. The number of aromatic nitrogens is 1. The summed E-state index contributed by atoms with van der Waals surface area (Å²) < 4.78 is 15.8. The summed E-state index contributed by atoms with van der Waals surface area (Å²) in [7, 11) is 1.70. The number of hydrogen-bond acceptors (Lipinski definition) is 6. The van der Waals surface area contributed by atoms with E-state index in [2.05, 4.69) is 17.2 Å². The van der Waals surface area contributed by atoms with Crippen molar-refractivity contribution in [1.82, 2.24) is 10.3 Å². The fourth-order valence-corrected chi connectivity index (χ4v) is 2.18. The molecule has 0 aliphatic rings. The van der Waals surface area contributed by atoms with Gasteiger partial charge in [0.2, 0.25) is 0 Å². The van der Waals surface area contributed by atoms with Crippen LogP contribution in [-0.2, 0) is 27.4 Å². The maximum atomic E-state index is 5.51. The molecule has 1 aromatic rings. The minimum atomic E-state index is 0.560. The Morgan fingerprint density at radius 2 is 2.05 bits per heavy atom. The minimum absolute atomic E-state index is 0.560. The fourth-order valence-electron chi connectivity index (χ4n) is 1.43. The average molecular weight is 288 g/mol. The van der Waals surface area contributed by atoms with Gasteiger partial charge in [-0.15, -0.1) is 11.3 Å². The lowest BCUT2D eigenvalue weighted by atomic mass is 10.5. The van der Waals surface area contributed by atoms with Gasteiger partial charge in [-0.3, -0.25) is 0 Å². The van der Waals surface area contributed by atoms with Crippen molar-refractivity contribution in [2.75, 3.05) is 40.1 Å². The van der Waals surface area contributed by atoms with E-state index in [4.69, 9.17) is 14.2 Å². The van der Waals surface area contributed by atoms with E-state index in [0.717, 1.165) is 43.4 Å². The second-order valence-electron chi connectivity index (χ2n) is 4.02. The zero-order valence-corrected chi connectivity index (χ0v) is 12.6. The van der Waals surface area contributed by atoms with Crippen molar-refractivity contribution in [2.24, 2.45) is 0 Å². The molecule has 110 valence electrons. The van der Waals surface area contributed by atoms with Crippen molar-refractivity contribution in [3.8, 4) is 0 Å². The lowest BCUT2D eigenvalue weighted by Crippen LogP contribution is -2.11. The Balaban J connectivity index is 1.98. The Morgan fingerprint density at radius 1 is 1.21 bits per heavy atom. The third-order valence-corrected chi connectivity index (χ3v) is 3.28. The molecule has 0 saturated carbocycles. The van der Waals surface area contributed by atoms with Crippen molar-refractivity contribution in [3.05, 3.63) is 16.1 Å². The zero-order chi connectivity index (χ0) is 13.8. The van der Waals surface area contributed by atoms with Gasteiger partial charge in [-0.05, 0) is 13.0 Å². The molecule has 0 radical (unpaired) electrons. The van der Waals surface area contributed by atoms with Gasteiger partial charge in [-0.2, -0.15) is 0 Å². The van der Waals surface area contributed by atoms with Crippen LogP contribution in [0.15, 0.2) is 5.38 Å². The lowest BCUT2D eigenvalue weighted by Gasteiger charge is -2.04. The highest BCUT2D eigenvalue weighted by Crippen LogP contribution is 2.10. The predicted octanol–water partition coefficient (Wildman–Crippen LogP) is 1.82. The Kier molecular flexibility index (Phi) is 9.84. The van der Waals surface area contributed by atoms with Gasteiger partial charge >= 0.3 is 0 Å². The zero-order valence-electron chi connectivity index (χ0n) is 11.8. The third-order valence-electron chi connectivity index (χ3n) is 2.38. The quantitative estimate of drug-likeness (QED) is 0.595. The summed E-state index contributed by atoms with van der Waals surface area (Å²) in [6.45, 7) is 7.14. The van der Waals surface area contributed by atoms with E-state index in [-0.39, 0.29) is 0 Å². The maximum Gasteiger partial charge on any atom is 0.107 e. The SMILES string of the molecule is CCNCc1nc(COCCOCCCOC)cs1. The van der Waals surface area contributed by atoms with Crippen molar-refractivity contribution in [1.29, 1.82) is 0 Å². The van der Waals surface area contributed by atoms with Crippen LogP contribution in [0.4, 0.5) is 0 Å². The molecule has 0 unspecified atom stereocenters. The van der Waals surface area contributed by atoms with Gasteiger partial charge in [-0.25, -0.2) is 4.98 Å². The molecule has 6 heteroatoms. The topological polar surface area (TPSA) is 52.6 Å². The smallest absolute Gasteiger partial charge is 0.107 e. The second kappa shape index (κ2) is 11.3. The Hall–Kier alpha value is -0.530. The first kappa shape index (κ1) is 16.5. The van der Waals surface area contributed by atoms with Crippen LogP contribution in [0.25, 0.3) is 0 Å². The first-order valence-electron chi connectivity index (χ1n) is 6.65. The molecule has 0 aromatic carbocycles. The van der Waals surface area contributed by atoms with Crippen molar-refractivity contribution >= 4 is 11.3 Å². The fraction of sp³-hybridized carbons (Fsp3) is 0.769. The number of ether oxygens (including phenoxy) is 3. The second-order valence-corrected chi connectivity index (χ2v) is 4.97. The summed E-state index contributed by atoms with van der Waals surface area (Å²) in [5, 5.41) is 6.41. The van der Waals surface area contributed by atoms with E-state index in [9.17, 15) is 0 Å². The number of methoxy groups -OCH3 is 1. The average Bonchev–Trinajstić information content (AvgIpc) is 2.87. The molecule has 1 rings (SSSR count). The first-order valence-corrected chi connectivity index (χ1v) is 7.53. The summed E-state index contributed by atoms with van der Waals surface area (Å²) >= 11 is 1.67. The Bertz CT molecular complexity index is 321. The normalized spacial score (nSPS) is 11.1. The highest BCUT2D eigenvalue weighted by molar-refractivity contribution is 7.09. The largest absolute Gasteiger partial charge is 0.385 e. The minimum Gasteiger partial charge on any atom is -0.385 e. The highest BCUT2D eigenvalue weighted by Gasteiger charge is 2.01. The van der Waals surface area contributed by atoms with Crippen LogP contribution in [0.5, 0.6) is 0 Å². The highest BCUT2D eigenvalue weighted by atomic mass is 32.1. The molecule has 0 aliphatic heterocycles. The van der Waals surface area contributed by atoms with Crippen LogP contribution in [0.3, 0.4) is 0 Å². The van der Waals surface area contributed by atoms with Crippen LogP contribution in [0.2, 0.25) is 0 Å². The van der Waals surface area contributed by atoms with Gasteiger partial charge in [0.1, 0.15) is 5.01 Å². The van der Waals surface area contributed by atoms with E-state index >= 15 is 0 Å². The summed E-state index contributed by atoms with van der Waals surface area (Å²) in [5.41, 5.74) is 0.997. The number of nitrogens with one attached hydrogen (secondary N) is 1. The van der Waals surface area contributed by atoms with E-state index < -0.39 is 0 Å². The monoisotopic (exact) mass is 288 g/mol. The molecule has 0 spiro atoms. The van der Waals surface area contributed by atoms with Gasteiger partial charge in [0.05, 0.1) is 25.5 Å². The summed E-state index contributed by atoms with van der Waals surface area (Å²) in [6.07, 6.45) is 0.927. The Labute approximate surface area is 119 Å². The third kappa shape index (κ3) is 8.28. The summed E-state index contributed by atoms with van der Waals surface area (Å²) in [4.78, 5) is 4.48. The molecule has 0 amide bonds. The molecule has 1 N–H and O–H groups in total. The number of hydrogen-bond donors (Lipinski definition) is 1. The molecular weight excluding hydrogens is 264 g/mol. The van der Waals surface area contributed by atoms with Crippen LogP contribution in [-0.4, -0.2) is 45.1 Å². The summed E-state index contributed by atoms with van der Waals surface area (Å²) in [5.74, 6) is 0. The maximum absolute atomic E-state index is 5.51. The number of nitrogens with zero attached hydrogens (tertiary/aromatic N) is 1. The van der Waals surface area contributed by atoms with Gasteiger partial charge in [0.25, 0.3) is 0 Å². The summed E-state index contributed by atoms with van der Waals surface area (Å²) in [6, 6.07) is 0. The van der Waals surface area contributed by atoms with Gasteiger partial charge in [0.15, 0.2) is 0 Å². The Morgan fingerprint density at radius 3 is 2.84 bits per heavy atom. The van der Waals surface area contributed by atoms with Crippen molar-refractivity contribution in [2.45, 2.75) is 26.5 Å². The van der Waals surface area contributed by atoms with E-state index in [1.807, 2.05) is 5.38 Å². The van der Waals surface area contributed by atoms with Gasteiger partial charge in [0, 0.05) is 32.2 Å². The molecule has 19 heavy (non-hydrogen) atoms. The molecule has 0 atom stereocenters. The van der Waals surface area contributed by atoms with Gasteiger partial charge < -0.3 is 19.5 Å². The standard InChI is InChI=1S/C13H24N2O3S/c1-3-14-9-13-15-12(11-19-13)10-18-8-7-17-6-4-5-16-2/h11,14H,3-10H2,1-2H3. The molecule has 0 bridgehead atoms. The van der Waals surface area contributed by atoms with Crippen LogP contribution in [0.1, 0.15) is 24.0 Å². The number of rotatable bonds is 12. The molecule has 5 nitrogen and oxygen atoms in total. The van der Waals surface area contributed by atoms with Crippen LogP contribution >= 0.6 is 11.3 Å².